The van der Waals surface area contributed by atoms with E-state index in [-0.39, 0.29) is 5.92 Å². The molecule has 0 bridgehead atoms. The average molecular weight is 404 g/mol. The molecule has 146 valence electrons. The fourth-order valence-corrected chi connectivity index (χ4v) is 3.82. The summed E-state index contributed by atoms with van der Waals surface area (Å²) in [6, 6.07) is 3.03. The number of aliphatic hydroxyl groups is 1. The first-order valence-electron chi connectivity index (χ1n) is 8.59. The van der Waals surface area contributed by atoms with Crippen molar-refractivity contribution < 1.29 is 19.4 Å². The highest BCUT2D eigenvalue weighted by Crippen LogP contribution is 2.45. The fourth-order valence-electron chi connectivity index (χ4n) is 3.34. The molecule has 5 nitrogen and oxygen atoms in total. The number of amides is 1. The van der Waals surface area contributed by atoms with Gasteiger partial charge in [-0.3, -0.25) is 0 Å². The molecule has 1 saturated heterocycles. The predicted octanol–water partition coefficient (Wildman–Crippen LogP) is 4.87. The normalized spacial score (nSPS) is 21.0. The number of hydrogen-bond acceptors (Lipinski definition) is 4. The summed E-state index contributed by atoms with van der Waals surface area (Å²) in [5.74, 6) is 0.491. The minimum Gasteiger partial charge on any atom is -0.496 e. The van der Waals surface area contributed by atoms with Crippen molar-refractivity contribution >= 4 is 29.3 Å². The zero-order valence-corrected chi connectivity index (χ0v) is 17.6. The van der Waals surface area contributed by atoms with Gasteiger partial charge in [0.15, 0.2) is 0 Å². The molecular weight excluding hydrogens is 377 g/mol. The van der Waals surface area contributed by atoms with E-state index in [1.165, 1.54) is 0 Å². The van der Waals surface area contributed by atoms with E-state index in [4.69, 9.17) is 32.7 Å². The summed E-state index contributed by atoms with van der Waals surface area (Å²) in [5.41, 5.74) is -0.962. The molecule has 26 heavy (non-hydrogen) atoms. The van der Waals surface area contributed by atoms with Crippen LogP contribution >= 0.6 is 23.2 Å². The van der Waals surface area contributed by atoms with Crippen LogP contribution in [0.15, 0.2) is 12.1 Å². The van der Waals surface area contributed by atoms with Crippen LogP contribution in [0.3, 0.4) is 0 Å². The van der Waals surface area contributed by atoms with Crippen LogP contribution in [0.4, 0.5) is 4.79 Å². The lowest BCUT2D eigenvalue weighted by molar-refractivity contribution is -0.0240. The third-order valence-corrected chi connectivity index (χ3v) is 5.28. The summed E-state index contributed by atoms with van der Waals surface area (Å²) in [4.78, 5) is 14.3. The first kappa shape index (κ1) is 21.1. The van der Waals surface area contributed by atoms with E-state index >= 15 is 0 Å². The summed E-state index contributed by atoms with van der Waals surface area (Å²) in [6.07, 6.45) is 0.0725. The van der Waals surface area contributed by atoms with Crippen molar-refractivity contribution in [3.05, 3.63) is 27.7 Å². The Hall–Kier alpha value is -1.17. The molecular formula is C19H27Cl2NO4. The minimum atomic E-state index is -1.09. The summed E-state index contributed by atoms with van der Waals surface area (Å²) in [6.45, 7) is 9.18. The van der Waals surface area contributed by atoms with Crippen LogP contribution in [0, 0.1) is 0 Å². The summed E-state index contributed by atoms with van der Waals surface area (Å²) < 4.78 is 11.0. The summed E-state index contributed by atoms with van der Waals surface area (Å²) in [7, 11) is 1.57. The first-order chi connectivity index (χ1) is 11.8. The van der Waals surface area contributed by atoms with Gasteiger partial charge in [-0.2, -0.15) is 0 Å². The Morgan fingerprint density at radius 3 is 2.35 bits per heavy atom. The van der Waals surface area contributed by atoms with Gasteiger partial charge in [-0.25, -0.2) is 4.79 Å². The molecule has 1 aliphatic rings. The van der Waals surface area contributed by atoms with Gasteiger partial charge in [-0.15, -0.1) is 0 Å². The minimum absolute atomic E-state index is 0.125. The number of carbonyl (C=O) groups is 1. The van der Waals surface area contributed by atoms with Gasteiger partial charge in [0, 0.05) is 18.0 Å². The van der Waals surface area contributed by atoms with Crippen LogP contribution in [0.5, 0.6) is 5.75 Å². The van der Waals surface area contributed by atoms with Crippen LogP contribution < -0.4 is 4.74 Å². The molecule has 0 radical (unpaired) electrons. The molecule has 0 unspecified atom stereocenters. The van der Waals surface area contributed by atoms with E-state index in [9.17, 15) is 9.90 Å². The monoisotopic (exact) mass is 403 g/mol. The maximum atomic E-state index is 12.7. The number of nitrogens with zero attached hydrogens (tertiary/aromatic N) is 1. The van der Waals surface area contributed by atoms with Crippen molar-refractivity contribution in [1.29, 1.82) is 0 Å². The number of methoxy groups -OCH3 is 1. The van der Waals surface area contributed by atoms with E-state index in [1.807, 2.05) is 20.8 Å². The van der Waals surface area contributed by atoms with Gasteiger partial charge in [0.25, 0.3) is 0 Å². The molecule has 2 rings (SSSR count). The maximum absolute atomic E-state index is 12.7. The SMILES string of the molecule is COc1ccc(Cl)c(Cl)c1[C@H]1C[C@@H](C(C)(C)O)N(C(=O)OC(C)(C)C)C1. The van der Waals surface area contributed by atoms with E-state index in [0.29, 0.717) is 28.8 Å². The lowest BCUT2D eigenvalue weighted by Crippen LogP contribution is -2.49. The molecule has 7 heteroatoms. The topological polar surface area (TPSA) is 59.0 Å². The molecule has 1 fully saturated rings. The Labute approximate surface area is 165 Å². The highest BCUT2D eigenvalue weighted by Gasteiger charge is 2.46. The van der Waals surface area contributed by atoms with Gasteiger partial charge in [-0.05, 0) is 53.2 Å². The zero-order chi connectivity index (χ0) is 19.9. The van der Waals surface area contributed by atoms with Crippen LogP contribution in [-0.4, -0.2) is 47.0 Å². The highest BCUT2D eigenvalue weighted by atomic mass is 35.5. The number of carbonyl (C=O) groups excluding carboxylic acids is 1. The van der Waals surface area contributed by atoms with Gasteiger partial charge < -0.3 is 19.5 Å². The molecule has 0 aromatic heterocycles. The Kier molecular flexibility index (Phi) is 6.06. The van der Waals surface area contributed by atoms with Crippen LogP contribution in [0.2, 0.25) is 10.0 Å². The second kappa shape index (κ2) is 7.45. The zero-order valence-electron chi connectivity index (χ0n) is 16.1. The van der Waals surface area contributed by atoms with Gasteiger partial charge in [-0.1, -0.05) is 23.2 Å². The molecule has 1 heterocycles. The molecule has 1 amide bonds. The van der Waals surface area contributed by atoms with Crippen LogP contribution in [0.1, 0.15) is 52.5 Å². The van der Waals surface area contributed by atoms with Gasteiger partial charge in [0.1, 0.15) is 11.4 Å². The lowest BCUT2D eigenvalue weighted by atomic mass is 9.89. The number of benzene rings is 1. The number of halogens is 2. The number of ether oxygens (including phenoxy) is 2. The molecule has 1 aliphatic heterocycles. The number of hydrogen-bond donors (Lipinski definition) is 1. The molecule has 0 spiro atoms. The van der Waals surface area contributed by atoms with Crippen LogP contribution in [0.25, 0.3) is 0 Å². The summed E-state index contributed by atoms with van der Waals surface area (Å²) in [5, 5.41) is 11.5. The van der Waals surface area contributed by atoms with Gasteiger partial charge in [0.2, 0.25) is 0 Å². The lowest BCUT2D eigenvalue weighted by Gasteiger charge is -2.34. The van der Waals surface area contributed by atoms with E-state index in [2.05, 4.69) is 0 Å². The van der Waals surface area contributed by atoms with E-state index in [1.54, 1.807) is 38.0 Å². The van der Waals surface area contributed by atoms with Crippen molar-refractivity contribution in [2.75, 3.05) is 13.7 Å². The fraction of sp³-hybridized carbons (Fsp3) is 0.632. The molecule has 0 aliphatic carbocycles. The second-order valence-electron chi connectivity index (χ2n) is 8.21. The van der Waals surface area contributed by atoms with Crippen molar-refractivity contribution in [3.8, 4) is 5.75 Å². The van der Waals surface area contributed by atoms with E-state index in [0.717, 1.165) is 5.56 Å². The Balaban J connectivity index is 2.40. The Morgan fingerprint density at radius 1 is 1.23 bits per heavy atom. The highest BCUT2D eigenvalue weighted by molar-refractivity contribution is 6.42. The predicted molar refractivity (Wildman–Crippen MR) is 103 cm³/mol. The number of likely N-dealkylation sites (tertiary alicyclic amines) is 1. The molecule has 1 N–H and O–H groups in total. The summed E-state index contributed by atoms with van der Waals surface area (Å²) >= 11 is 12.6. The van der Waals surface area contributed by atoms with Crippen molar-refractivity contribution in [1.82, 2.24) is 4.90 Å². The number of rotatable bonds is 3. The van der Waals surface area contributed by atoms with Crippen molar-refractivity contribution in [2.24, 2.45) is 0 Å². The third kappa shape index (κ3) is 4.56. The third-order valence-electron chi connectivity index (χ3n) is 4.47. The first-order valence-corrected chi connectivity index (χ1v) is 9.34. The molecule has 0 saturated carbocycles. The maximum Gasteiger partial charge on any atom is 0.410 e. The van der Waals surface area contributed by atoms with Gasteiger partial charge >= 0.3 is 6.09 Å². The largest absolute Gasteiger partial charge is 0.496 e. The van der Waals surface area contributed by atoms with Crippen molar-refractivity contribution in [2.45, 2.75) is 64.2 Å². The van der Waals surface area contributed by atoms with E-state index < -0.39 is 23.3 Å². The Morgan fingerprint density at radius 2 is 1.85 bits per heavy atom. The molecule has 1 aromatic rings. The smallest absolute Gasteiger partial charge is 0.410 e. The average Bonchev–Trinajstić information content (AvgIpc) is 2.93. The standard InChI is InChI=1S/C19H27Cl2NO4/c1-18(2,3)26-17(23)22-10-11(9-14(22)19(4,5)24)15-13(25-6)8-7-12(20)16(15)21/h7-8,11,14,24H,9-10H2,1-6H3/t11-,14-/m0/s1. The molecule has 1 aromatic carbocycles. The van der Waals surface area contributed by atoms with Crippen LogP contribution in [-0.2, 0) is 4.74 Å². The second-order valence-corrected chi connectivity index (χ2v) is 9.00. The van der Waals surface area contributed by atoms with Gasteiger partial charge in [0.05, 0.1) is 28.8 Å². The Bertz CT molecular complexity index is 679. The molecule has 2 atom stereocenters. The quantitative estimate of drug-likeness (QED) is 0.781. The van der Waals surface area contributed by atoms with Crippen molar-refractivity contribution in [3.63, 3.8) is 0 Å².